The predicted molar refractivity (Wildman–Crippen MR) is 99.8 cm³/mol. The molecule has 2 saturated heterocycles. The Kier molecular flexibility index (Phi) is 4.97. The van der Waals surface area contributed by atoms with Crippen LogP contribution in [0, 0.1) is 5.82 Å². The molecule has 6 nitrogen and oxygen atoms in total. The summed E-state index contributed by atoms with van der Waals surface area (Å²) >= 11 is 0. The minimum absolute atomic E-state index is 0.0538. The van der Waals surface area contributed by atoms with Crippen LogP contribution in [-0.4, -0.2) is 52.2 Å². The fraction of sp³-hybridized carbons (Fsp3) is 0.500. The normalized spacial score (nSPS) is 24.4. The quantitative estimate of drug-likeness (QED) is 0.830. The summed E-state index contributed by atoms with van der Waals surface area (Å²) in [5.74, 6) is -0.439. The molecular weight excluding hydrogens is 347 g/mol. The van der Waals surface area contributed by atoms with Crippen LogP contribution in [0.15, 0.2) is 36.8 Å². The lowest BCUT2D eigenvalue weighted by molar-refractivity contribution is -0.140. The van der Waals surface area contributed by atoms with Gasteiger partial charge in [0.05, 0.1) is 24.2 Å². The molecule has 1 aromatic heterocycles. The van der Waals surface area contributed by atoms with Crippen LogP contribution in [0.1, 0.15) is 25.0 Å². The monoisotopic (exact) mass is 372 g/mol. The number of carbonyl (C=O) groups is 1. The van der Waals surface area contributed by atoms with Gasteiger partial charge in [0.15, 0.2) is 0 Å². The number of aryl methyl sites for hydroxylation is 1. The third kappa shape index (κ3) is 3.89. The van der Waals surface area contributed by atoms with E-state index in [0.717, 1.165) is 38.9 Å². The molecule has 1 amide bonds. The number of nitrogens with zero attached hydrogens (tertiary/aromatic N) is 4. The van der Waals surface area contributed by atoms with Crippen LogP contribution in [0.3, 0.4) is 0 Å². The van der Waals surface area contributed by atoms with Crippen LogP contribution in [0.5, 0.6) is 0 Å². The highest BCUT2D eigenvalue weighted by Crippen LogP contribution is 2.33. The van der Waals surface area contributed by atoms with Gasteiger partial charge in [-0.3, -0.25) is 9.69 Å². The number of aromatic nitrogens is 2. The molecular formula is C20H25FN4O2. The summed E-state index contributed by atoms with van der Waals surface area (Å²) in [4.78, 5) is 20.7. The number of ether oxygens (including phenoxy) is 1. The average Bonchev–Trinajstić information content (AvgIpc) is 2.95. The number of imidazole rings is 1. The zero-order chi connectivity index (χ0) is 18.9. The first-order valence-electron chi connectivity index (χ1n) is 9.42. The van der Waals surface area contributed by atoms with Gasteiger partial charge in [-0.05, 0) is 44.0 Å². The van der Waals surface area contributed by atoms with Gasteiger partial charge >= 0.3 is 0 Å². The number of carbonyl (C=O) groups excluding carboxylic acids is 1. The maximum atomic E-state index is 13.6. The number of hydrogen-bond donors (Lipinski definition) is 0. The van der Waals surface area contributed by atoms with E-state index < -0.39 is 0 Å². The molecule has 0 radical (unpaired) electrons. The van der Waals surface area contributed by atoms with Crippen LogP contribution < -0.4 is 4.90 Å². The van der Waals surface area contributed by atoms with Gasteiger partial charge in [-0.2, -0.15) is 0 Å². The molecule has 2 aliphatic rings. The summed E-state index contributed by atoms with van der Waals surface area (Å²) in [7, 11) is 2.01. The molecule has 4 rings (SSSR count). The van der Waals surface area contributed by atoms with Crippen LogP contribution in [0.25, 0.3) is 0 Å². The lowest BCUT2D eigenvalue weighted by Crippen LogP contribution is -2.55. The molecule has 3 heterocycles. The smallest absolute Gasteiger partial charge is 0.253 e. The highest BCUT2D eigenvalue weighted by molar-refractivity contribution is 5.95. The van der Waals surface area contributed by atoms with E-state index in [2.05, 4.69) is 9.88 Å². The highest BCUT2D eigenvalue weighted by Gasteiger charge is 2.41. The van der Waals surface area contributed by atoms with E-state index in [9.17, 15) is 9.18 Å². The SMILES string of the molecule is Cn1cncc1CN1CCCC2(CC1)CN(c1cccc(F)c1)C(=O)CO2. The number of halogens is 1. The van der Waals surface area contributed by atoms with Crippen molar-refractivity contribution in [2.45, 2.75) is 31.4 Å². The van der Waals surface area contributed by atoms with E-state index in [0.29, 0.717) is 12.2 Å². The summed E-state index contributed by atoms with van der Waals surface area (Å²) in [6.07, 6.45) is 6.48. The standard InChI is InChI=1S/C20H25FN4O2/c1-23-15-22-11-18(23)12-24-8-3-6-20(7-9-24)14-25(19(26)13-27-20)17-5-2-4-16(21)10-17/h2,4-5,10-11,15H,3,6-9,12-14H2,1H3. The number of rotatable bonds is 3. The minimum atomic E-state index is -0.360. The molecule has 0 saturated carbocycles. The second kappa shape index (κ2) is 7.40. The lowest BCUT2D eigenvalue weighted by Gasteiger charge is -2.42. The Morgan fingerprint density at radius 3 is 2.96 bits per heavy atom. The minimum Gasteiger partial charge on any atom is -0.363 e. The van der Waals surface area contributed by atoms with Crippen molar-refractivity contribution in [1.82, 2.24) is 14.5 Å². The fourth-order valence-electron chi connectivity index (χ4n) is 4.04. The molecule has 1 spiro atoms. The van der Waals surface area contributed by atoms with Crippen molar-refractivity contribution in [3.63, 3.8) is 0 Å². The molecule has 2 aromatic rings. The first-order chi connectivity index (χ1) is 13.0. The van der Waals surface area contributed by atoms with Crippen LogP contribution in [0.4, 0.5) is 10.1 Å². The maximum Gasteiger partial charge on any atom is 0.253 e. The van der Waals surface area contributed by atoms with Gasteiger partial charge in [0.2, 0.25) is 0 Å². The summed E-state index contributed by atoms with van der Waals surface area (Å²) in [6, 6.07) is 6.24. The van der Waals surface area contributed by atoms with E-state index in [4.69, 9.17) is 4.74 Å². The number of benzene rings is 1. The number of hydrogen-bond acceptors (Lipinski definition) is 4. The first-order valence-corrected chi connectivity index (χ1v) is 9.42. The van der Waals surface area contributed by atoms with Crippen molar-refractivity contribution in [1.29, 1.82) is 0 Å². The molecule has 1 aromatic carbocycles. The first kappa shape index (κ1) is 18.1. The largest absolute Gasteiger partial charge is 0.363 e. The summed E-state index contributed by atoms with van der Waals surface area (Å²) in [6.45, 7) is 3.28. The summed E-state index contributed by atoms with van der Waals surface area (Å²) in [5, 5.41) is 0. The number of amides is 1. The topological polar surface area (TPSA) is 50.6 Å². The molecule has 1 atom stereocenters. The van der Waals surface area contributed by atoms with Gasteiger partial charge < -0.3 is 14.2 Å². The van der Waals surface area contributed by atoms with E-state index in [1.807, 2.05) is 24.1 Å². The van der Waals surface area contributed by atoms with E-state index in [1.165, 1.54) is 17.8 Å². The molecule has 0 bridgehead atoms. The van der Waals surface area contributed by atoms with Crippen molar-refractivity contribution in [2.24, 2.45) is 7.05 Å². The number of anilines is 1. The van der Waals surface area contributed by atoms with Crippen LogP contribution in [0.2, 0.25) is 0 Å². The highest BCUT2D eigenvalue weighted by atomic mass is 19.1. The second-order valence-electron chi connectivity index (χ2n) is 7.56. The molecule has 0 N–H and O–H groups in total. The Hall–Kier alpha value is -2.25. The third-order valence-corrected chi connectivity index (χ3v) is 5.66. The summed E-state index contributed by atoms with van der Waals surface area (Å²) in [5.41, 5.74) is 1.44. The van der Waals surface area contributed by atoms with E-state index >= 15 is 0 Å². The molecule has 144 valence electrons. The van der Waals surface area contributed by atoms with Crippen LogP contribution in [-0.2, 0) is 23.1 Å². The molecule has 0 aliphatic carbocycles. The average molecular weight is 372 g/mol. The fourth-order valence-corrected chi connectivity index (χ4v) is 4.04. The van der Waals surface area contributed by atoms with Gasteiger partial charge in [0.25, 0.3) is 5.91 Å². The van der Waals surface area contributed by atoms with Crippen molar-refractivity contribution in [3.8, 4) is 0 Å². The molecule has 7 heteroatoms. The Balaban J connectivity index is 1.46. The van der Waals surface area contributed by atoms with Gasteiger partial charge in [0, 0.05) is 32.0 Å². The van der Waals surface area contributed by atoms with E-state index in [1.54, 1.807) is 17.0 Å². The zero-order valence-corrected chi connectivity index (χ0v) is 15.6. The van der Waals surface area contributed by atoms with Gasteiger partial charge in [-0.1, -0.05) is 6.07 Å². The zero-order valence-electron chi connectivity index (χ0n) is 15.6. The third-order valence-electron chi connectivity index (χ3n) is 5.66. The Morgan fingerprint density at radius 1 is 1.30 bits per heavy atom. The van der Waals surface area contributed by atoms with Crippen LogP contribution >= 0.6 is 0 Å². The second-order valence-corrected chi connectivity index (χ2v) is 7.56. The van der Waals surface area contributed by atoms with Gasteiger partial charge in [-0.15, -0.1) is 0 Å². The van der Waals surface area contributed by atoms with Crippen molar-refractivity contribution >= 4 is 11.6 Å². The number of likely N-dealkylation sites (tertiary alicyclic amines) is 1. The Labute approximate surface area is 158 Å². The van der Waals surface area contributed by atoms with Crippen molar-refractivity contribution in [3.05, 3.63) is 48.3 Å². The number of morpholine rings is 1. The van der Waals surface area contributed by atoms with Crippen molar-refractivity contribution < 1.29 is 13.9 Å². The summed E-state index contributed by atoms with van der Waals surface area (Å²) < 4.78 is 21.7. The van der Waals surface area contributed by atoms with Crippen molar-refractivity contribution in [2.75, 3.05) is 31.1 Å². The van der Waals surface area contributed by atoms with Gasteiger partial charge in [-0.25, -0.2) is 9.37 Å². The molecule has 2 fully saturated rings. The van der Waals surface area contributed by atoms with E-state index in [-0.39, 0.29) is 23.9 Å². The Morgan fingerprint density at radius 2 is 2.19 bits per heavy atom. The Bertz CT molecular complexity index is 824. The van der Waals surface area contributed by atoms with Gasteiger partial charge in [0.1, 0.15) is 12.4 Å². The lowest BCUT2D eigenvalue weighted by atomic mass is 9.92. The molecule has 2 aliphatic heterocycles. The molecule has 1 unspecified atom stereocenters. The predicted octanol–water partition coefficient (Wildman–Crippen LogP) is 2.35. The maximum absolute atomic E-state index is 13.6. The molecule has 27 heavy (non-hydrogen) atoms.